The van der Waals surface area contributed by atoms with E-state index in [1.807, 2.05) is 0 Å². The van der Waals surface area contributed by atoms with Crippen molar-refractivity contribution in [2.45, 2.75) is 119 Å². The van der Waals surface area contributed by atoms with Crippen LogP contribution >= 0.6 is 0 Å². The van der Waals surface area contributed by atoms with E-state index in [1.54, 1.807) is 5.57 Å². The number of hydrogen-bond donors (Lipinski definition) is 1. The summed E-state index contributed by atoms with van der Waals surface area (Å²) in [6.45, 7) is 21.7. The van der Waals surface area contributed by atoms with Crippen LogP contribution < -0.4 is 0 Å². The smallest absolute Gasteiger partial charge is 0.0577 e. The molecular weight excluding hydrogens is 388 g/mol. The number of aliphatic hydroxyl groups excluding tert-OH is 1. The highest BCUT2D eigenvalue weighted by Crippen LogP contribution is 2.67. The number of rotatable bonds is 6. The minimum Gasteiger partial charge on any atom is -0.393 e. The number of fused-ring (bicyclic) bond motifs is 5. The molecule has 8 atom stereocenters. The van der Waals surface area contributed by atoms with Crippen LogP contribution in [0.15, 0.2) is 23.8 Å². The molecule has 1 N–H and O–H groups in total. The van der Waals surface area contributed by atoms with Gasteiger partial charge in [0.2, 0.25) is 0 Å². The van der Waals surface area contributed by atoms with E-state index in [9.17, 15) is 5.11 Å². The molecule has 0 heterocycles. The average Bonchev–Trinajstić information content (AvgIpc) is 3.09. The molecule has 0 unspecified atom stereocenters. The molecule has 0 spiro atoms. The van der Waals surface area contributed by atoms with Crippen LogP contribution in [0.25, 0.3) is 0 Å². The van der Waals surface area contributed by atoms with Gasteiger partial charge in [-0.3, -0.25) is 0 Å². The van der Waals surface area contributed by atoms with Gasteiger partial charge in [0.15, 0.2) is 0 Å². The summed E-state index contributed by atoms with van der Waals surface area (Å²) < 4.78 is 0. The summed E-state index contributed by atoms with van der Waals surface area (Å²) in [5.41, 5.74) is 4.20. The SMILES string of the molecule is C=C(C(C)C)C(C)(C)CC[C@@H](C)[C@H]1CC[C@H]2[C@@H]3CC=C4C[C@@H](O)CC[C@]4(C)[C@H]3CC[C@]12C. The predicted molar refractivity (Wildman–Crippen MR) is 137 cm³/mol. The maximum Gasteiger partial charge on any atom is 0.0577 e. The number of hydrogen-bond acceptors (Lipinski definition) is 1. The zero-order chi connectivity index (χ0) is 23.5. The average molecular weight is 441 g/mol. The molecule has 0 aromatic rings. The van der Waals surface area contributed by atoms with E-state index < -0.39 is 0 Å². The second kappa shape index (κ2) is 8.58. The first-order valence-corrected chi connectivity index (χ1v) is 14.0. The minimum atomic E-state index is -0.0903. The van der Waals surface area contributed by atoms with E-state index in [0.717, 1.165) is 42.4 Å². The van der Waals surface area contributed by atoms with Crippen molar-refractivity contribution < 1.29 is 5.11 Å². The van der Waals surface area contributed by atoms with Gasteiger partial charge in [-0.2, -0.15) is 0 Å². The molecule has 4 rings (SSSR count). The van der Waals surface area contributed by atoms with Gasteiger partial charge in [-0.15, -0.1) is 0 Å². The molecule has 32 heavy (non-hydrogen) atoms. The quantitative estimate of drug-likeness (QED) is 0.410. The van der Waals surface area contributed by atoms with Crippen LogP contribution in [-0.4, -0.2) is 11.2 Å². The molecule has 1 heteroatoms. The van der Waals surface area contributed by atoms with Gasteiger partial charge in [0, 0.05) is 0 Å². The van der Waals surface area contributed by atoms with E-state index in [-0.39, 0.29) is 11.5 Å². The van der Waals surface area contributed by atoms with Gasteiger partial charge in [0.1, 0.15) is 0 Å². The molecule has 3 fully saturated rings. The van der Waals surface area contributed by atoms with Gasteiger partial charge in [0.25, 0.3) is 0 Å². The Hall–Kier alpha value is -0.560. The molecule has 182 valence electrons. The van der Waals surface area contributed by atoms with Crippen molar-refractivity contribution in [2.75, 3.05) is 0 Å². The number of aliphatic hydroxyl groups is 1. The van der Waals surface area contributed by atoms with Crippen LogP contribution in [0.4, 0.5) is 0 Å². The standard InChI is InChI=1S/C31H52O/c1-20(2)22(4)29(5,6)16-13-21(3)26-11-12-27-25-10-9-23-19-24(32)14-17-30(23,7)28(25)15-18-31(26,27)8/h9,20-21,24-28,32H,4,10-19H2,1-3,5-8H3/t21-,24+,25+,26-,27+,28+,30+,31-/m1/s1. The molecule has 4 aliphatic rings. The Balaban J connectivity index is 1.47. The van der Waals surface area contributed by atoms with Crippen LogP contribution in [0.3, 0.4) is 0 Å². The molecular formula is C31H52O. The van der Waals surface area contributed by atoms with Crippen molar-refractivity contribution in [1.29, 1.82) is 0 Å². The minimum absolute atomic E-state index is 0.0903. The first-order valence-electron chi connectivity index (χ1n) is 14.0. The van der Waals surface area contributed by atoms with Crippen molar-refractivity contribution in [2.24, 2.45) is 51.8 Å². The lowest BCUT2D eigenvalue weighted by Crippen LogP contribution is -2.50. The monoisotopic (exact) mass is 440 g/mol. The summed E-state index contributed by atoms with van der Waals surface area (Å²) in [4.78, 5) is 0. The third-order valence-corrected chi connectivity index (χ3v) is 11.6. The Kier molecular flexibility index (Phi) is 6.59. The van der Waals surface area contributed by atoms with Gasteiger partial charge in [-0.1, -0.05) is 72.3 Å². The van der Waals surface area contributed by atoms with E-state index in [0.29, 0.717) is 16.7 Å². The third kappa shape index (κ3) is 3.97. The van der Waals surface area contributed by atoms with E-state index >= 15 is 0 Å². The van der Waals surface area contributed by atoms with Gasteiger partial charge >= 0.3 is 0 Å². The normalized spacial score (nSPS) is 42.7. The highest BCUT2D eigenvalue weighted by atomic mass is 16.3. The van der Waals surface area contributed by atoms with Gasteiger partial charge in [-0.05, 0) is 116 Å². The molecule has 1 nitrogen and oxygen atoms in total. The summed E-state index contributed by atoms with van der Waals surface area (Å²) in [6.07, 6.45) is 15.3. The third-order valence-electron chi connectivity index (χ3n) is 11.6. The first-order chi connectivity index (χ1) is 14.9. The zero-order valence-corrected chi connectivity index (χ0v) is 22.3. The molecule has 0 aromatic heterocycles. The fourth-order valence-corrected chi connectivity index (χ4v) is 9.35. The Morgan fingerprint density at radius 1 is 1.09 bits per heavy atom. The van der Waals surface area contributed by atoms with Crippen LogP contribution in [0.2, 0.25) is 0 Å². The van der Waals surface area contributed by atoms with Gasteiger partial charge < -0.3 is 5.11 Å². The molecule has 0 radical (unpaired) electrons. The first kappa shape index (κ1) is 24.6. The second-order valence-electron chi connectivity index (χ2n) is 14.0. The molecule has 0 bridgehead atoms. The van der Waals surface area contributed by atoms with E-state index in [4.69, 9.17) is 0 Å². The van der Waals surface area contributed by atoms with E-state index in [1.165, 1.54) is 56.9 Å². The summed E-state index contributed by atoms with van der Waals surface area (Å²) in [6, 6.07) is 0. The predicted octanol–water partition coefficient (Wildman–Crippen LogP) is 8.58. The van der Waals surface area contributed by atoms with Crippen molar-refractivity contribution >= 4 is 0 Å². The Bertz CT molecular complexity index is 744. The van der Waals surface area contributed by atoms with Crippen LogP contribution in [-0.2, 0) is 0 Å². The molecule has 0 amide bonds. The molecule has 3 saturated carbocycles. The van der Waals surface area contributed by atoms with Crippen molar-refractivity contribution in [3.05, 3.63) is 23.8 Å². The molecule has 4 aliphatic carbocycles. The Morgan fingerprint density at radius 3 is 2.50 bits per heavy atom. The lowest BCUT2D eigenvalue weighted by atomic mass is 9.47. The lowest BCUT2D eigenvalue weighted by molar-refractivity contribution is -0.0576. The van der Waals surface area contributed by atoms with Crippen molar-refractivity contribution in [3.63, 3.8) is 0 Å². The largest absolute Gasteiger partial charge is 0.393 e. The Morgan fingerprint density at radius 2 is 1.81 bits per heavy atom. The highest BCUT2D eigenvalue weighted by Gasteiger charge is 2.59. The molecule has 0 aromatic carbocycles. The topological polar surface area (TPSA) is 20.2 Å². The lowest BCUT2D eigenvalue weighted by Gasteiger charge is -2.58. The number of allylic oxidation sites excluding steroid dienone is 2. The maximum atomic E-state index is 10.3. The van der Waals surface area contributed by atoms with Crippen LogP contribution in [0, 0.1) is 51.8 Å². The maximum absolute atomic E-state index is 10.3. The summed E-state index contributed by atoms with van der Waals surface area (Å²) in [5, 5.41) is 10.3. The fraction of sp³-hybridized carbons (Fsp3) is 0.871. The van der Waals surface area contributed by atoms with Crippen LogP contribution in [0.1, 0.15) is 113 Å². The zero-order valence-electron chi connectivity index (χ0n) is 22.3. The van der Waals surface area contributed by atoms with Crippen molar-refractivity contribution in [3.8, 4) is 0 Å². The second-order valence-corrected chi connectivity index (χ2v) is 14.0. The van der Waals surface area contributed by atoms with E-state index in [2.05, 4.69) is 61.1 Å². The highest BCUT2D eigenvalue weighted by molar-refractivity contribution is 5.25. The fourth-order valence-electron chi connectivity index (χ4n) is 9.35. The summed E-state index contributed by atoms with van der Waals surface area (Å²) >= 11 is 0. The Labute approximate surface area is 199 Å². The molecule has 0 saturated heterocycles. The summed E-state index contributed by atoms with van der Waals surface area (Å²) in [7, 11) is 0. The van der Waals surface area contributed by atoms with Crippen molar-refractivity contribution in [1.82, 2.24) is 0 Å². The molecule has 0 aliphatic heterocycles. The van der Waals surface area contributed by atoms with Gasteiger partial charge in [0.05, 0.1) is 6.10 Å². The van der Waals surface area contributed by atoms with Crippen LogP contribution in [0.5, 0.6) is 0 Å². The van der Waals surface area contributed by atoms with Gasteiger partial charge in [-0.25, -0.2) is 0 Å². The summed E-state index contributed by atoms with van der Waals surface area (Å²) in [5.74, 6) is 4.94.